The van der Waals surface area contributed by atoms with E-state index in [4.69, 9.17) is 0 Å². The van der Waals surface area contributed by atoms with Crippen LogP contribution in [0.5, 0.6) is 5.75 Å². The van der Waals surface area contributed by atoms with Gasteiger partial charge in [0.25, 0.3) is 0 Å². The fourth-order valence-electron chi connectivity index (χ4n) is 3.31. The van der Waals surface area contributed by atoms with Gasteiger partial charge in [0.05, 0.1) is 12.6 Å². The zero-order chi connectivity index (χ0) is 19.9. The summed E-state index contributed by atoms with van der Waals surface area (Å²) >= 11 is 0. The number of aromatic nitrogens is 2. The Morgan fingerprint density at radius 1 is 1.38 bits per heavy atom. The highest BCUT2D eigenvalue weighted by molar-refractivity contribution is 5.85. The Labute approximate surface area is 174 Å². The van der Waals surface area contributed by atoms with Crippen LogP contribution in [-0.4, -0.2) is 59.7 Å². The summed E-state index contributed by atoms with van der Waals surface area (Å²) in [5, 5.41) is 6.28. The molecule has 1 aromatic heterocycles. The first-order valence-electron chi connectivity index (χ1n) is 9.25. The third-order valence-electron chi connectivity index (χ3n) is 4.74. The molecule has 29 heavy (non-hydrogen) atoms. The highest BCUT2D eigenvalue weighted by atomic mass is 35.5. The van der Waals surface area contributed by atoms with Crippen LogP contribution in [0.4, 0.5) is 8.78 Å². The molecule has 1 aromatic carbocycles. The highest BCUT2D eigenvalue weighted by Gasteiger charge is 2.28. The van der Waals surface area contributed by atoms with Gasteiger partial charge in [-0.3, -0.25) is 9.69 Å². The lowest BCUT2D eigenvalue weighted by Gasteiger charge is -2.35. The van der Waals surface area contributed by atoms with Crippen molar-refractivity contribution in [3.63, 3.8) is 0 Å². The minimum Gasteiger partial charge on any atom is -0.435 e. The lowest BCUT2D eigenvalue weighted by atomic mass is 10.1. The minimum atomic E-state index is -2.83. The van der Waals surface area contributed by atoms with E-state index in [1.165, 1.54) is 12.1 Å². The molecule has 1 unspecified atom stereocenters. The van der Waals surface area contributed by atoms with Crippen LogP contribution in [0.15, 0.2) is 36.7 Å². The Bertz CT molecular complexity index is 772. The van der Waals surface area contributed by atoms with Crippen LogP contribution in [0.2, 0.25) is 0 Å². The van der Waals surface area contributed by atoms with Crippen LogP contribution >= 0.6 is 12.4 Å². The smallest absolute Gasteiger partial charge is 0.387 e. The third kappa shape index (κ3) is 6.66. The van der Waals surface area contributed by atoms with E-state index in [2.05, 4.69) is 25.3 Å². The number of amides is 1. The predicted octanol–water partition coefficient (Wildman–Crippen LogP) is 1.75. The summed E-state index contributed by atoms with van der Waals surface area (Å²) in [6.07, 6.45) is 4.28. The number of piperazine rings is 1. The van der Waals surface area contributed by atoms with Crippen molar-refractivity contribution in [2.45, 2.75) is 19.1 Å². The number of ether oxygens (including phenoxy) is 1. The molecule has 1 amide bonds. The van der Waals surface area contributed by atoms with Gasteiger partial charge < -0.3 is 19.9 Å². The van der Waals surface area contributed by atoms with E-state index in [0.717, 1.165) is 31.0 Å². The largest absolute Gasteiger partial charge is 0.435 e. The van der Waals surface area contributed by atoms with Crippen molar-refractivity contribution in [3.05, 3.63) is 48.0 Å². The first kappa shape index (κ1) is 23.1. The number of nitrogens with one attached hydrogen (secondary N) is 2. The molecule has 2 heterocycles. The number of hydrogen-bond acceptors (Lipinski definition) is 5. The van der Waals surface area contributed by atoms with Gasteiger partial charge in [0.2, 0.25) is 5.91 Å². The van der Waals surface area contributed by atoms with E-state index in [0.29, 0.717) is 19.5 Å². The normalized spacial score (nSPS) is 17.0. The number of aryl methyl sites for hydroxylation is 1. The van der Waals surface area contributed by atoms with Gasteiger partial charge in [-0.15, -0.1) is 12.4 Å². The Morgan fingerprint density at radius 3 is 2.79 bits per heavy atom. The zero-order valence-corrected chi connectivity index (χ0v) is 17.0. The average molecular weight is 430 g/mol. The molecule has 2 aromatic rings. The van der Waals surface area contributed by atoms with Crippen LogP contribution in [0.3, 0.4) is 0 Å². The number of alkyl halides is 2. The van der Waals surface area contributed by atoms with Gasteiger partial charge >= 0.3 is 6.61 Å². The van der Waals surface area contributed by atoms with Crippen LogP contribution in [0.25, 0.3) is 0 Å². The monoisotopic (exact) mass is 429 g/mol. The summed E-state index contributed by atoms with van der Waals surface area (Å²) in [7, 11) is 1.95. The maximum atomic E-state index is 12.4. The third-order valence-corrected chi connectivity index (χ3v) is 4.74. The van der Waals surface area contributed by atoms with Crippen LogP contribution in [0, 0.1) is 0 Å². The van der Waals surface area contributed by atoms with E-state index in [1.54, 1.807) is 18.3 Å². The molecule has 1 saturated heterocycles. The molecule has 1 fully saturated rings. The average Bonchev–Trinajstić information content (AvgIpc) is 3.09. The topological polar surface area (TPSA) is 71.4 Å². The van der Waals surface area contributed by atoms with Gasteiger partial charge in [0.1, 0.15) is 11.6 Å². The Hall–Kier alpha value is -2.23. The molecule has 160 valence electrons. The van der Waals surface area contributed by atoms with Crippen molar-refractivity contribution in [3.8, 4) is 5.75 Å². The van der Waals surface area contributed by atoms with E-state index in [1.807, 2.05) is 17.8 Å². The number of rotatable bonds is 8. The van der Waals surface area contributed by atoms with Crippen LogP contribution < -0.4 is 15.4 Å². The quantitative estimate of drug-likeness (QED) is 0.669. The second kappa shape index (κ2) is 11.1. The minimum absolute atomic E-state index is 0. The lowest BCUT2D eigenvalue weighted by Crippen LogP contribution is -2.50. The lowest BCUT2D eigenvalue weighted by molar-refractivity contribution is -0.123. The zero-order valence-electron chi connectivity index (χ0n) is 16.2. The number of nitrogens with zero attached hydrogens (tertiary/aromatic N) is 3. The standard InChI is InChI=1S/C19H25F2N5O2.ClH/c1-25-10-9-24-18(25)16-12-22-8-11-26(16)13-17(27)23-7-6-14-2-4-15(5-3-14)28-19(20)21;/h2-5,9-10,16,19,22H,6-8,11-13H2,1H3,(H,23,27);1H. The molecule has 1 aliphatic heterocycles. The molecule has 2 N–H and O–H groups in total. The Balaban J connectivity index is 0.00000300. The van der Waals surface area contributed by atoms with Gasteiger partial charge in [-0.05, 0) is 24.1 Å². The fourth-order valence-corrected chi connectivity index (χ4v) is 3.31. The second-order valence-electron chi connectivity index (χ2n) is 6.71. The van der Waals surface area contributed by atoms with Gasteiger partial charge in [-0.25, -0.2) is 4.98 Å². The number of carbonyl (C=O) groups is 1. The molecule has 0 spiro atoms. The molecular formula is C19H26ClF2N5O2. The first-order valence-corrected chi connectivity index (χ1v) is 9.25. The summed E-state index contributed by atoms with van der Waals surface area (Å²) in [6, 6.07) is 6.50. The fraction of sp³-hybridized carbons (Fsp3) is 0.474. The van der Waals surface area contributed by atoms with Crippen molar-refractivity contribution in [1.29, 1.82) is 0 Å². The molecule has 7 nitrogen and oxygen atoms in total. The predicted molar refractivity (Wildman–Crippen MR) is 107 cm³/mol. The molecule has 0 radical (unpaired) electrons. The van der Waals surface area contributed by atoms with Gasteiger partial charge in [-0.1, -0.05) is 12.1 Å². The first-order chi connectivity index (χ1) is 13.5. The number of imidazole rings is 1. The maximum absolute atomic E-state index is 12.4. The van der Waals surface area contributed by atoms with Crippen molar-refractivity contribution in [2.24, 2.45) is 7.05 Å². The molecule has 1 aliphatic rings. The summed E-state index contributed by atoms with van der Waals surface area (Å²) in [5.74, 6) is 1.02. The van der Waals surface area contributed by atoms with Gasteiger partial charge in [-0.2, -0.15) is 8.78 Å². The summed E-state index contributed by atoms with van der Waals surface area (Å²) < 4.78 is 30.6. The van der Waals surface area contributed by atoms with Crippen molar-refractivity contribution >= 4 is 18.3 Å². The van der Waals surface area contributed by atoms with E-state index in [-0.39, 0.29) is 30.1 Å². The van der Waals surface area contributed by atoms with Crippen LogP contribution in [-0.2, 0) is 18.3 Å². The molecule has 10 heteroatoms. The van der Waals surface area contributed by atoms with Crippen molar-refractivity contribution < 1.29 is 18.3 Å². The summed E-state index contributed by atoms with van der Waals surface area (Å²) in [5.41, 5.74) is 0.940. The molecular weight excluding hydrogens is 404 g/mol. The molecule has 0 aliphatic carbocycles. The number of hydrogen-bond donors (Lipinski definition) is 2. The van der Waals surface area contributed by atoms with Crippen LogP contribution in [0.1, 0.15) is 17.4 Å². The SMILES string of the molecule is Cl.Cn1ccnc1C1CNCCN1CC(=O)NCCc1ccc(OC(F)F)cc1. The number of benzene rings is 1. The Kier molecular flexibility index (Phi) is 8.81. The van der Waals surface area contributed by atoms with Gasteiger partial charge in [0, 0.05) is 45.6 Å². The Morgan fingerprint density at radius 2 is 2.14 bits per heavy atom. The molecule has 0 saturated carbocycles. The summed E-state index contributed by atoms with van der Waals surface area (Å²) in [6.45, 7) is 0.320. The van der Waals surface area contributed by atoms with E-state index < -0.39 is 6.61 Å². The van der Waals surface area contributed by atoms with Gasteiger partial charge in [0.15, 0.2) is 0 Å². The highest BCUT2D eigenvalue weighted by Crippen LogP contribution is 2.19. The van der Waals surface area contributed by atoms with Crippen molar-refractivity contribution in [2.75, 3.05) is 32.7 Å². The molecule has 1 atom stereocenters. The van der Waals surface area contributed by atoms with Crippen molar-refractivity contribution in [1.82, 2.24) is 25.1 Å². The molecule has 0 bridgehead atoms. The van der Waals surface area contributed by atoms with E-state index in [9.17, 15) is 13.6 Å². The number of carbonyl (C=O) groups excluding carboxylic acids is 1. The maximum Gasteiger partial charge on any atom is 0.387 e. The summed E-state index contributed by atoms with van der Waals surface area (Å²) in [4.78, 5) is 18.9. The second-order valence-corrected chi connectivity index (χ2v) is 6.71. The molecule has 3 rings (SSSR count). The number of halogens is 3. The van der Waals surface area contributed by atoms with E-state index >= 15 is 0 Å².